The number of carbonyl (C=O) groups excluding carboxylic acids is 2. The fourth-order valence-corrected chi connectivity index (χ4v) is 5.87. The summed E-state index contributed by atoms with van der Waals surface area (Å²) in [6.07, 6.45) is 7.55. The van der Waals surface area contributed by atoms with Crippen LogP contribution < -0.4 is 19.5 Å². The minimum atomic E-state index is -3.92. The number of sulfonamides is 1. The molecule has 2 N–H and O–H groups in total. The number of hydrogen-bond acceptors (Lipinski definition) is 6. The summed E-state index contributed by atoms with van der Waals surface area (Å²) in [5.41, 5.74) is 2.39. The molecule has 0 fully saturated rings. The predicted octanol–water partition coefficient (Wildman–Crippen LogP) is 5.44. The maximum atomic E-state index is 13.4. The Hall–Kier alpha value is -4.38. The van der Waals surface area contributed by atoms with Gasteiger partial charge in [-0.05, 0) is 105 Å². The molecule has 0 heterocycles. The third kappa shape index (κ3) is 9.31. The van der Waals surface area contributed by atoms with Crippen molar-refractivity contribution in [3.05, 3.63) is 95.8 Å². The van der Waals surface area contributed by atoms with Gasteiger partial charge >= 0.3 is 0 Å². The molecule has 4 rings (SSSR count). The Morgan fingerprint density at radius 2 is 1.64 bits per heavy atom. The first-order valence-electron chi connectivity index (χ1n) is 14.5. The normalized spacial score (nSPS) is 13.8. The fraction of sp³-hybridized carbons (Fsp3) is 0.333. The molecular weight excluding hydrogens is 585 g/mol. The van der Waals surface area contributed by atoms with E-state index in [0.29, 0.717) is 12.3 Å². The number of nitrogens with one attached hydrogen (secondary N) is 2. The van der Waals surface area contributed by atoms with Crippen LogP contribution in [-0.2, 0) is 26.2 Å². The van der Waals surface area contributed by atoms with Gasteiger partial charge in [0.15, 0.2) is 6.61 Å². The number of methoxy groups -OCH3 is 1. The van der Waals surface area contributed by atoms with Crippen molar-refractivity contribution in [2.45, 2.75) is 56.5 Å². The first-order valence-corrected chi connectivity index (χ1v) is 16.0. The van der Waals surface area contributed by atoms with Crippen LogP contribution in [0.2, 0.25) is 0 Å². The van der Waals surface area contributed by atoms with Crippen molar-refractivity contribution in [3.63, 3.8) is 0 Å². The highest BCUT2D eigenvalue weighted by molar-refractivity contribution is 7.92. The molecule has 0 spiro atoms. The van der Waals surface area contributed by atoms with Crippen LogP contribution in [0.3, 0.4) is 0 Å². The molecule has 3 aromatic rings. The number of nitrogens with zero attached hydrogens (tertiary/aromatic N) is 1. The van der Waals surface area contributed by atoms with Crippen LogP contribution in [0.25, 0.3) is 0 Å². The lowest BCUT2D eigenvalue weighted by molar-refractivity contribution is -0.142. The zero-order valence-corrected chi connectivity index (χ0v) is 25.7. The van der Waals surface area contributed by atoms with Gasteiger partial charge in [-0.3, -0.25) is 14.3 Å². The van der Waals surface area contributed by atoms with Crippen molar-refractivity contribution in [1.82, 2.24) is 10.2 Å². The Bertz CT molecular complexity index is 1540. The minimum absolute atomic E-state index is 0.0316. The second-order valence-corrected chi connectivity index (χ2v) is 12.2. The largest absolute Gasteiger partial charge is 0.497 e. The van der Waals surface area contributed by atoms with Gasteiger partial charge in [0.05, 0.1) is 12.0 Å². The lowest BCUT2D eigenvalue weighted by Gasteiger charge is -2.29. The summed E-state index contributed by atoms with van der Waals surface area (Å²) in [6.45, 7) is 2.00. The van der Waals surface area contributed by atoms with E-state index in [0.717, 1.165) is 37.0 Å². The zero-order valence-electron chi connectivity index (χ0n) is 24.9. The Labute approximate surface area is 258 Å². The molecule has 11 heteroatoms. The van der Waals surface area contributed by atoms with E-state index in [-0.39, 0.29) is 35.4 Å². The maximum absolute atomic E-state index is 13.4. The second kappa shape index (κ2) is 15.4. The summed E-state index contributed by atoms with van der Waals surface area (Å²) in [6, 6.07) is 17.0. The van der Waals surface area contributed by atoms with Gasteiger partial charge in [-0.1, -0.05) is 23.8 Å². The topological polar surface area (TPSA) is 114 Å². The van der Waals surface area contributed by atoms with E-state index in [2.05, 4.69) is 16.1 Å². The molecule has 234 valence electrons. The van der Waals surface area contributed by atoms with Gasteiger partial charge in [0.2, 0.25) is 5.91 Å². The molecule has 0 bridgehead atoms. The number of allylic oxidation sites excluding steroid dienone is 1. The van der Waals surface area contributed by atoms with Gasteiger partial charge in [-0.2, -0.15) is 0 Å². The van der Waals surface area contributed by atoms with Crippen molar-refractivity contribution in [2.24, 2.45) is 0 Å². The molecule has 1 aliphatic carbocycles. The average molecular weight is 624 g/mol. The molecular formula is C33H38FN3O6S. The molecule has 3 aromatic carbocycles. The quantitative estimate of drug-likeness (QED) is 0.231. The van der Waals surface area contributed by atoms with Crippen LogP contribution in [0, 0.1) is 5.82 Å². The highest BCUT2D eigenvalue weighted by Gasteiger charge is 2.26. The van der Waals surface area contributed by atoms with Gasteiger partial charge < -0.3 is 19.7 Å². The van der Waals surface area contributed by atoms with E-state index >= 15 is 0 Å². The number of benzene rings is 3. The molecule has 0 unspecified atom stereocenters. The number of ether oxygens (including phenoxy) is 2. The number of amides is 2. The monoisotopic (exact) mass is 623 g/mol. The molecule has 0 radical (unpaired) electrons. The van der Waals surface area contributed by atoms with Gasteiger partial charge in [-0.15, -0.1) is 0 Å². The molecule has 2 amide bonds. The van der Waals surface area contributed by atoms with Crippen molar-refractivity contribution >= 4 is 27.5 Å². The highest BCUT2D eigenvalue weighted by atomic mass is 32.2. The number of carbonyl (C=O) groups is 2. The van der Waals surface area contributed by atoms with E-state index < -0.39 is 27.8 Å². The molecule has 0 saturated carbocycles. The summed E-state index contributed by atoms with van der Waals surface area (Å²) in [4.78, 5) is 28.0. The Kier molecular flexibility index (Phi) is 11.4. The van der Waals surface area contributed by atoms with Gasteiger partial charge in [0.1, 0.15) is 23.4 Å². The van der Waals surface area contributed by atoms with Crippen LogP contribution in [0.15, 0.2) is 89.3 Å². The number of anilines is 1. The number of hydrogen-bond donors (Lipinski definition) is 2. The van der Waals surface area contributed by atoms with Crippen molar-refractivity contribution in [3.8, 4) is 11.5 Å². The first-order chi connectivity index (χ1) is 21.1. The van der Waals surface area contributed by atoms with Crippen LogP contribution >= 0.6 is 0 Å². The van der Waals surface area contributed by atoms with Crippen molar-refractivity contribution < 1.29 is 31.9 Å². The Morgan fingerprint density at radius 3 is 2.27 bits per heavy atom. The van der Waals surface area contributed by atoms with Gasteiger partial charge in [0.25, 0.3) is 15.9 Å². The van der Waals surface area contributed by atoms with E-state index in [1.165, 1.54) is 59.7 Å². The number of halogens is 1. The number of rotatable bonds is 14. The lowest BCUT2D eigenvalue weighted by atomic mass is 9.97. The molecule has 0 aromatic heterocycles. The maximum Gasteiger partial charge on any atom is 0.261 e. The first kappa shape index (κ1) is 32.5. The summed E-state index contributed by atoms with van der Waals surface area (Å²) in [5, 5.41) is 2.97. The molecule has 1 atom stereocenters. The third-order valence-electron chi connectivity index (χ3n) is 7.40. The Balaban J connectivity index is 1.39. The summed E-state index contributed by atoms with van der Waals surface area (Å²) >= 11 is 0. The smallest absolute Gasteiger partial charge is 0.261 e. The standard InChI is InChI=1S/C33H38FN3O6S/c1-24(33(39)35-21-20-25-6-4-3-5-7-25)37(22-26-8-14-29(42-2)15-9-26)32(38)23-43-30-16-18-31(19-17-30)44(40,41)36-28-12-10-27(34)11-13-28/h6,8-19,24,36H,3-5,7,20-23H2,1-2H3,(H,35,39)/t24-/m0/s1. The molecule has 1 aliphatic rings. The van der Waals surface area contributed by atoms with Gasteiger partial charge in [0, 0.05) is 18.8 Å². The van der Waals surface area contributed by atoms with E-state index in [1.54, 1.807) is 26.2 Å². The molecule has 44 heavy (non-hydrogen) atoms. The van der Waals surface area contributed by atoms with Crippen LogP contribution in [-0.4, -0.2) is 51.4 Å². The van der Waals surface area contributed by atoms with E-state index in [1.807, 2.05) is 12.1 Å². The second-order valence-electron chi connectivity index (χ2n) is 10.6. The molecule has 0 saturated heterocycles. The van der Waals surface area contributed by atoms with Crippen LogP contribution in [0.5, 0.6) is 11.5 Å². The van der Waals surface area contributed by atoms with Gasteiger partial charge in [-0.25, -0.2) is 12.8 Å². The third-order valence-corrected chi connectivity index (χ3v) is 8.80. The fourth-order valence-electron chi connectivity index (χ4n) is 4.81. The summed E-state index contributed by atoms with van der Waals surface area (Å²) < 4.78 is 51.9. The van der Waals surface area contributed by atoms with Crippen molar-refractivity contribution in [1.29, 1.82) is 0 Å². The molecule has 0 aliphatic heterocycles. The summed E-state index contributed by atoms with van der Waals surface area (Å²) in [7, 11) is -2.35. The Morgan fingerprint density at radius 1 is 0.955 bits per heavy atom. The van der Waals surface area contributed by atoms with E-state index in [4.69, 9.17) is 9.47 Å². The van der Waals surface area contributed by atoms with E-state index in [9.17, 15) is 22.4 Å². The average Bonchev–Trinajstić information content (AvgIpc) is 3.04. The minimum Gasteiger partial charge on any atom is -0.497 e. The predicted molar refractivity (Wildman–Crippen MR) is 166 cm³/mol. The van der Waals surface area contributed by atoms with Crippen LogP contribution in [0.4, 0.5) is 10.1 Å². The SMILES string of the molecule is COc1ccc(CN(C(=O)COc2ccc(S(=O)(=O)Nc3ccc(F)cc3)cc2)[C@@H](C)C(=O)NCCC2=CCCCC2)cc1. The highest BCUT2D eigenvalue weighted by Crippen LogP contribution is 2.21. The molecule has 9 nitrogen and oxygen atoms in total. The lowest BCUT2D eigenvalue weighted by Crippen LogP contribution is -2.49. The van der Waals surface area contributed by atoms with Crippen molar-refractivity contribution in [2.75, 3.05) is 25.0 Å². The van der Waals surface area contributed by atoms with Crippen LogP contribution in [0.1, 0.15) is 44.6 Å². The zero-order chi connectivity index (χ0) is 31.5. The summed E-state index contributed by atoms with van der Waals surface area (Å²) in [5.74, 6) is -0.189.